The van der Waals surface area contributed by atoms with Gasteiger partial charge in [0, 0.05) is 8.37 Å². The predicted octanol–water partition coefficient (Wildman–Crippen LogP) is 1.16. The molecular weight excluding hydrogens is 121 g/mol. The van der Waals surface area contributed by atoms with Crippen molar-refractivity contribution in [3.05, 3.63) is 0 Å². The molecule has 4 heteroatoms. The summed E-state index contributed by atoms with van der Waals surface area (Å²) in [7, 11) is 2.46. The first-order valence-electron chi connectivity index (χ1n) is 2.64. The van der Waals surface area contributed by atoms with Gasteiger partial charge in [-0.15, -0.1) is 0 Å². The molecule has 3 nitrogen and oxygen atoms in total. The average Bonchev–Trinajstić information content (AvgIpc) is 1.83. The summed E-state index contributed by atoms with van der Waals surface area (Å²) in [5.41, 5.74) is 5.72. The minimum absolute atomic E-state index is 0.278. The summed E-state index contributed by atoms with van der Waals surface area (Å²) < 4.78 is 0. The van der Waals surface area contributed by atoms with Crippen molar-refractivity contribution in [2.45, 2.75) is 19.1 Å². The molecule has 0 aromatic rings. The molecule has 0 spiro atoms. The van der Waals surface area contributed by atoms with Gasteiger partial charge in [0.05, 0.1) is 5.78 Å². The first-order chi connectivity index (χ1) is 3.85. The molecule has 0 aliphatic carbocycles. The highest BCUT2D eigenvalue weighted by Gasteiger charge is 1.96. The van der Waals surface area contributed by atoms with Gasteiger partial charge in [0.2, 0.25) is 0 Å². The molecular formula is C4H12N3P. The van der Waals surface area contributed by atoms with E-state index in [1.54, 1.807) is 0 Å². The van der Waals surface area contributed by atoms with E-state index in [1.807, 2.05) is 7.05 Å². The standard InChI is InChI=1S/C4H12N3P/c1-3-4(8-5)7-6-2/h4-7H,3H2,1-2H3. The summed E-state index contributed by atoms with van der Waals surface area (Å²) in [5.74, 6) is 0.278. The zero-order valence-electron chi connectivity index (χ0n) is 5.23. The Labute approximate surface area is 51.5 Å². The maximum absolute atomic E-state index is 6.93. The van der Waals surface area contributed by atoms with Crippen LogP contribution in [0.5, 0.6) is 0 Å². The van der Waals surface area contributed by atoms with Crippen LogP contribution in [0.3, 0.4) is 0 Å². The summed E-state index contributed by atoms with van der Waals surface area (Å²) >= 11 is 0. The van der Waals surface area contributed by atoms with Crippen LogP contribution >= 0.6 is 8.37 Å². The molecule has 0 aliphatic heterocycles. The third kappa shape index (κ3) is 3.08. The molecule has 0 rings (SSSR count). The van der Waals surface area contributed by atoms with Crippen LogP contribution in [-0.2, 0) is 0 Å². The molecule has 0 fully saturated rings. The number of nitrogens with one attached hydrogen (secondary N) is 3. The van der Waals surface area contributed by atoms with E-state index >= 15 is 0 Å². The van der Waals surface area contributed by atoms with Gasteiger partial charge in [0.25, 0.3) is 0 Å². The Kier molecular flexibility index (Phi) is 5.18. The number of rotatable bonds is 4. The summed E-state index contributed by atoms with van der Waals surface area (Å²) in [6.45, 7) is 2.05. The lowest BCUT2D eigenvalue weighted by Gasteiger charge is -2.06. The van der Waals surface area contributed by atoms with E-state index in [9.17, 15) is 0 Å². The lowest BCUT2D eigenvalue weighted by atomic mass is 10.5. The molecule has 0 saturated heterocycles. The fraction of sp³-hybridized carbons (Fsp3) is 1.00. The van der Waals surface area contributed by atoms with Crippen LogP contribution < -0.4 is 10.9 Å². The Morgan fingerprint density at radius 1 is 1.75 bits per heavy atom. The molecule has 8 heavy (non-hydrogen) atoms. The van der Waals surface area contributed by atoms with Gasteiger partial charge in [0.1, 0.15) is 0 Å². The van der Waals surface area contributed by atoms with Crippen molar-refractivity contribution in [2.24, 2.45) is 0 Å². The van der Waals surface area contributed by atoms with Gasteiger partial charge in [-0.05, 0) is 13.5 Å². The minimum Gasteiger partial charge on any atom is -0.282 e. The molecule has 0 radical (unpaired) electrons. The number of hydrazine groups is 1. The van der Waals surface area contributed by atoms with Gasteiger partial charge in [-0.25, -0.2) is 5.43 Å². The average molecular weight is 133 g/mol. The van der Waals surface area contributed by atoms with Crippen molar-refractivity contribution < 1.29 is 0 Å². The maximum atomic E-state index is 6.93. The van der Waals surface area contributed by atoms with Crippen LogP contribution in [0.25, 0.3) is 0 Å². The number of hydrogen-bond donors (Lipinski definition) is 3. The van der Waals surface area contributed by atoms with E-state index < -0.39 is 0 Å². The topological polar surface area (TPSA) is 47.9 Å². The molecule has 0 saturated carbocycles. The van der Waals surface area contributed by atoms with Gasteiger partial charge < -0.3 is 0 Å². The van der Waals surface area contributed by atoms with E-state index in [4.69, 9.17) is 5.16 Å². The monoisotopic (exact) mass is 133 g/mol. The lowest BCUT2D eigenvalue weighted by molar-refractivity contribution is 0.554. The van der Waals surface area contributed by atoms with Crippen LogP contribution in [-0.4, -0.2) is 12.8 Å². The van der Waals surface area contributed by atoms with Gasteiger partial charge in [-0.1, -0.05) is 6.92 Å². The van der Waals surface area contributed by atoms with Crippen molar-refractivity contribution >= 4 is 8.37 Å². The highest BCUT2D eigenvalue weighted by Crippen LogP contribution is 2.04. The van der Waals surface area contributed by atoms with Crippen molar-refractivity contribution in [1.29, 1.82) is 5.16 Å². The summed E-state index contributed by atoms with van der Waals surface area (Å²) in [4.78, 5) is 0. The van der Waals surface area contributed by atoms with E-state index in [0.717, 1.165) is 6.42 Å². The maximum Gasteiger partial charge on any atom is 0.0796 e. The predicted molar refractivity (Wildman–Crippen MR) is 35.9 cm³/mol. The Morgan fingerprint density at radius 2 is 2.38 bits per heavy atom. The zero-order valence-corrected chi connectivity index (χ0v) is 6.13. The molecule has 48 valence electrons. The Morgan fingerprint density at radius 3 is 2.50 bits per heavy atom. The second-order valence-corrected chi connectivity index (χ2v) is 2.33. The SMILES string of the molecule is CCC(NNC)P=N. The van der Waals surface area contributed by atoms with Gasteiger partial charge in [-0.2, -0.15) is 0 Å². The molecule has 1 atom stereocenters. The minimum atomic E-state index is 0.278. The van der Waals surface area contributed by atoms with E-state index in [-0.39, 0.29) is 5.78 Å². The second kappa shape index (κ2) is 5.16. The highest BCUT2D eigenvalue weighted by atomic mass is 31.1. The zero-order chi connectivity index (χ0) is 6.41. The molecule has 3 N–H and O–H groups in total. The first kappa shape index (κ1) is 8.02. The van der Waals surface area contributed by atoms with Crippen LogP contribution in [0.4, 0.5) is 0 Å². The van der Waals surface area contributed by atoms with E-state index in [0.29, 0.717) is 8.37 Å². The molecule has 0 aliphatic rings. The van der Waals surface area contributed by atoms with Crippen LogP contribution in [0.15, 0.2) is 0 Å². The van der Waals surface area contributed by atoms with Crippen LogP contribution in [0, 0.1) is 5.16 Å². The van der Waals surface area contributed by atoms with Gasteiger partial charge in [0.15, 0.2) is 0 Å². The second-order valence-electron chi connectivity index (χ2n) is 1.45. The largest absolute Gasteiger partial charge is 0.282 e. The Hall–Kier alpha value is 0.0200. The van der Waals surface area contributed by atoms with Crippen molar-refractivity contribution in [3.8, 4) is 0 Å². The quantitative estimate of drug-likeness (QED) is 0.398. The molecule has 0 aromatic carbocycles. The van der Waals surface area contributed by atoms with E-state index in [1.165, 1.54) is 0 Å². The van der Waals surface area contributed by atoms with Crippen molar-refractivity contribution in [1.82, 2.24) is 10.9 Å². The summed E-state index contributed by atoms with van der Waals surface area (Å²) in [5, 5.41) is 6.93. The molecule has 0 amide bonds. The smallest absolute Gasteiger partial charge is 0.0796 e. The van der Waals surface area contributed by atoms with Crippen LogP contribution in [0.1, 0.15) is 13.3 Å². The normalized spacial score (nSPS) is 14.2. The van der Waals surface area contributed by atoms with Crippen molar-refractivity contribution in [3.63, 3.8) is 0 Å². The van der Waals surface area contributed by atoms with E-state index in [2.05, 4.69) is 17.8 Å². The molecule has 0 aromatic heterocycles. The highest BCUT2D eigenvalue weighted by molar-refractivity contribution is 7.26. The van der Waals surface area contributed by atoms with Gasteiger partial charge in [-0.3, -0.25) is 10.6 Å². The molecule has 0 heterocycles. The number of hydrogen-bond acceptors (Lipinski definition) is 3. The lowest BCUT2D eigenvalue weighted by Crippen LogP contribution is -2.33. The van der Waals surface area contributed by atoms with Crippen LogP contribution in [0.2, 0.25) is 0 Å². The molecule has 0 bridgehead atoms. The van der Waals surface area contributed by atoms with Gasteiger partial charge >= 0.3 is 0 Å². The summed E-state index contributed by atoms with van der Waals surface area (Å²) in [6, 6.07) is 0. The fourth-order valence-electron chi connectivity index (χ4n) is 0.392. The third-order valence-corrected chi connectivity index (χ3v) is 1.66. The Balaban J connectivity index is 3.21. The third-order valence-electron chi connectivity index (χ3n) is 0.853. The summed E-state index contributed by atoms with van der Waals surface area (Å²) in [6.07, 6.45) is 0.992. The molecule has 1 unspecified atom stereocenters. The van der Waals surface area contributed by atoms with Crippen molar-refractivity contribution in [2.75, 3.05) is 7.05 Å². The fourth-order valence-corrected chi connectivity index (χ4v) is 0.768. The first-order valence-corrected chi connectivity index (χ1v) is 3.60. The Bertz CT molecular complexity index is 66.3.